The van der Waals surface area contributed by atoms with Crippen LogP contribution in [0.2, 0.25) is 0 Å². The number of rotatable bonds is 2. The fourth-order valence-electron chi connectivity index (χ4n) is 0.942. The van der Waals surface area contributed by atoms with Crippen molar-refractivity contribution in [3.63, 3.8) is 0 Å². The fourth-order valence-corrected chi connectivity index (χ4v) is 1.57. The van der Waals surface area contributed by atoms with Crippen LogP contribution in [0, 0.1) is 22.5 Å². The molecule has 0 atom stereocenters. The van der Waals surface area contributed by atoms with Crippen LogP contribution < -0.4 is 0 Å². The van der Waals surface area contributed by atoms with Gasteiger partial charge in [0.15, 0.2) is 0 Å². The van der Waals surface area contributed by atoms with Gasteiger partial charge in [0.25, 0.3) is 5.82 Å². The molecule has 1 heterocycles. The zero-order valence-electron chi connectivity index (χ0n) is 6.82. The maximum Gasteiger partial charge on any atom is 0.387 e. The molecule has 6 heteroatoms. The van der Waals surface area contributed by atoms with Gasteiger partial charge in [-0.05, 0) is 15.8 Å². The molecule has 68 valence electrons. The predicted molar refractivity (Wildman–Crippen MR) is 50.4 cm³/mol. The summed E-state index contributed by atoms with van der Waals surface area (Å²) in [6.07, 6.45) is 5.12. The lowest BCUT2D eigenvalue weighted by Crippen LogP contribution is -1.98. The highest BCUT2D eigenvalue weighted by Gasteiger charge is 2.23. The Balaban J connectivity index is 3.38. The van der Waals surface area contributed by atoms with Gasteiger partial charge >= 0.3 is 5.82 Å². The van der Waals surface area contributed by atoms with Gasteiger partial charge in [0, 0.05) is 7.05 Å². The van der Waals surface area contributed by atoms with Gasteiger partial charge in [-0.1, -0.05) is 15.9 Å². The number of nitro groups is 1. The van der Waals surface area contributed by atoms with E-state index in [0.717, 1.165) is 0 Å². The van der Waals surface area contributed by atoms with Crippen molar-refractivity contribution >= 4 is 21.7 Å². The van der Waals surface area contributed by atoms with Gasteiger partial charge in [-0.3, -0.25) is 4.57 Å². The third kappa shape index (κ3) is 1.55. The maximum absolute atomic E-state index is 10.5. The van der Waals surface area contributed by atoms with Gasteiger partial charge in [0.1, 0.15) is 5.69 Å². The highest BCUT2D eigenvalue weighted by Crippen LogP contribution is 2.20. The van der Waals surface area contributed by atoms with Gasteiger partial charge in [0.2, 0.25) is 0 Å². The lowest BCUT2D eigenvalue weighted by molar-refractivity contribution is -0.390. The Morgan fingerprint density at radius 3 is 2.77 bits per heavy atom. The molecule has 1 aromatic heterocycles. The first-order chi connectivity index (χ1) is 6.11. The smallest absolute Gasteiger partial charge is 0.358 e. The Labute approximate surface area is 83.0 Å². The summed E-state index contributed by atoms with van der Waals surface area (Å²) < 4.78 is 1.52. The number of alkyl halides is 1. The Hall–Kier alpha value is -1.35. The molecule has 5 nitrogen and oxygen atoms in total. The van der Waals surface area contributed by atoms with E-state index >= 15 is 0 Å². The third-order valence-electron chi connectivity index (χ3n) is 1.62. The molecule has 0 aliphatic heterocycles. The molecule has 0 aliphatic carbocycles. The van der Waals surface area contributed by atoms with E-state index < -0.39 is 4.92 Å². The van der Waals surface area contributed by atoms with Crippen molar-refractivity contribution in [2.75, 3.05) is 0 Å². The Morgan fingerprint density at radius 2 is 2.46 bits per heavy atom. The van der Waals surface area contributed by atoms with E-state index in [1.165, 1.54) is 4.57 Å². The molecule has 1 aromatic rings. The van der Waals surface area contributed by atoms with Crippen molar-refractivity contribution in [2.45, 2.75) is 5.33 Å². The SMILES string of the molecule is C#Cc1nc([N+](=O)[O-])c(CBr)n1C. The fraction of sp³-hybridized carbons (Fsp3) is 0.286. The standard InChI is InChI=1S/C7H6BrN3O2/c1-3-6-9-7(11(12)13)5(4-8)10(6)2/h1H,4H2,2H3. The number of hydrogen-bond acceptors (Lipinski definition) is 3. The molecule has 0 spiro atoms. The molecule has 1 rings (SSSR count). The van der Waals surface area contributed by atoms with Crippen LogP contribution in [0.4, 0.5) is 5.82 Å². The van der Waals surface area contributed by atoms with E-state index in [9.17, 15) is 10.1 Å². The maximum atomic E-state index is 10.5. The van der Waals surface area contributed by atoms with Crippen LogP contribution in [0.15, 0.2) is 0 Å². The van der Waals surface area contributed by atoms with Gasteiger partial charge in [-0.15, -0.1) is 6.42 Å². The molecule has 0 aromatic carbocycles. The molecular weight excluding hydrogens is 238 g/mol. The van der Waals surface area contributed by atoms with Crippen LogP contribution in [0.25, 0.3) is 0 Å². The molecule has 0 unspecified atom stereocenters. The van der Waals surface area contributed by atoms with Crippen LogP contribution in [0.3, 0.4) is 0 Å². The Morgan fingerprint density at radius 1 is 1.85 bits per heavy atom. The second-order valence-electron chi connectivity index (χ2n) is 2.30. The average Bonchev–Trinajstić information content (AvgIpc) is 2.42. The lowest BCUT2D eigenvalue weighted by atomic mass is 10.5. The van der Waals surface area contributed by atoms with Gasteiger partial charge in [-0.25, -0.2) is 0 Å². The molecule has 0 radical (unpaired) electrons. The minimum Gasteiger partial charge on any atom is -0.358 e. The molecule has 0 bridgehead atoms. The number of imidazole rings is 1. The minimum atomic E-state index is -0.544. The first-order valence-electron chi connectivity index (χ1n) is 3.34. The quantitative estimate of drug-likeness (QED) is 0.340. The van der Waals surface area contributed by atoms with E-state index in [0.29, 0.717) is 11.0 Å². The largest absolute Gasteiger partial charge is 0.387 e. The molecule has 0 amide bonds. The zero-order valence-corrected chi connectivity index (χ0v) is 8.41. The number of aromatic nitrogens is 2. The van der Waals surface area contributed by atoms with E-state index in [4.69, 9.17) is 6.42 Å². The van der Waals surface area contributed by atoms with Crippen molar-refractivity contribution in [3.05, 3.63) is 21.6 Å². The minimum absolute atomic E-state index is 0.188. The molecule has 13 heavy (non-hydrogen) atoms. The van der Waals surface area contributed by atoms with Crippen LogP contribution >= 0.6 is 15.9 Å². The summed E-state index contributed by atoms with van der Waals surface area (Å²) in [6.45, 7) is 0. The number of nitrogens with zero attached hydrogens (tertiary/aromatic N) is 3. The summed E-state index contributed by atoms with van der Waals surface area (Å²) in [7, 11) is 1.64. The van der Waals surface area contributed by atoms with Crippen LogP contribution in [-0.4, -0.2) is 14.5 Å². The first-order valence-corrected chi connectivity index (χ1v) is 4.46. The predicted octanol–water partition coefficient (Wildman–Crippen LogP) is 1.20. The lowest BCUT2D eigenvalue weighted by Gasteiger charge is -1.95. The number of terminal acetylenes is 1. The van der Waals surface area contributed by atoms with Crippen LogP contribution in [0.5, 0.6) is 0 Å². The van der Waals surface area contributed by atoms with Crippen molar-refractivity contribution in [1.82, 2.24) is 9.55 Å². The van der Waals surface area contributed by atoms with Gasteiger partial charge < -0.3 is 10.1 Å². The highest BCUT2D eigenvalue weighted by atomic mass is 79.9. The van der Waals surface area contributed by atoms with Crippen LogP contribution in [0.1, 0.15) is 11.5 Å². The van der Waals surface area contributed by atoms with Crippen molar-refractivity contribution in [1.29, 1.82) is 0 Å². The highest BCUT2D eigenvalue weighted by molar-refractivity contribution is 9.08. The number of hydrogen-bond donors (Lipinski definition) is 0. The molecule has 0 fully saturated rings. The molecular formula is C7H6BrN3O2. The summed E-state index contributed by atoms with van der Waals surface area (Å²) in [6, 6.07) is 0. The molecule has 0 aliphatic rings. The summed E-state index contributed by atoms with van der Waals surface area (Å²) in [4.78, 5) is 13.7. The van der Waals surface area contributed by atoms with E-state index in [2.05, 4.69) is 26.8 Å². The van der Waals surface area contributed by atoms with Crippen LogP contribution in [-0.2, 0) is 12.4 Å². The third-order valence-corrected chi connectivity index (χ3v) is 2.15. The Kier molecular flexibility index (Phi) is 2.68. The van der Waals surface area contributed by atoms with E-state index in [1.807, 2.05) is 0 Å². The Bertz CT molecular complexity index is 391. The molecule has 0 saturated carbocycles. The normalized spacial score (nSPS) is 9.62. The van der Waals surface area contributed by atoms with E-state index in [-0.39, 0.29) is 11.6 Å². The van der Waals surface area contributed by atoms with Crippen molar-refractivity contribution < 1.29 is 4.92 Å². The zero-order chi connectivity index (χ0) is 10.0. The first kappa shape index (κ1) is 9.74. The van der Waals surface area contributed by atoms with E-state index in [1.54, 1.807) is 7.05 Å². The van der Waals surface area contributed by atoms with Crippen molar-refractivity contribution in [2.24, 2.45) is 7.05 Å². The van der Waals surface area contributed by atoms with Gasteiger partial charge in [0.05, 0.1) is 5.33 Å². The summed E-state index contributed by atoms with van der Waals surface area (Å²) in [5, 5.41) is 10.9. The summed E-state index contributed by atoms with van der Waals surface area (Å²) in [5.41, 5.74) is 0.470. The average molecular weight is 244 g/mol. The second kappa shape index (κ2) is 3.58. The van der Waals surface area contributed by atoms with Crippen molar-refractivity contribution in [3.8, 4) is 12.3 Å². The monoisotopic (exact) mass is 243 g/mol. The second-order valence-corrected chi connectivity index (χ2v) is 2.86. The molecule has 0 N–H and O–H groups in total. The summed E-state index contributed by atoms with van der Waals surface area (Å²) >= 11 is 3.14. The topological polar surface area (TPSA) is 61.0 Å². The molecule has 0 saturated heterocycles. The van der Waals surface area contributed by atoms with Gasteiger partial charge in [-0.2, -0.15) is 0 Å². The number of halogens is 1. The summed E-state index contributed by atoms with van der Waals surface area (Å²) in [5.74, 6) is 2.35.